The number of rotatable bonds is 4. The van der Waals surface area contributed by atoms with E-state index in [-0.39, 0.29) is 5.78 Å². The molecule has 2 aromatic rings. The molecule has 0 aliphatic rings. The second-order valence-electron chi connectivity index (χ2n) is 4.69. The number of ketones is 1. The largest absolute Gasteiger partial charge is 0.461 e. The Morgan fingerprint density at radius 3 is 2.39 bits per heavy atom. The quantitative estimate of drug-likeness (QED) is 0.747. The van der Waals surface area contributed by atoms with Gasteiger partial charge in [-0.3, -0.25) is 4.79 Å². The van der Waals surface area contributed by atoms with Crippen molar-refractivity contribution in [1.82, 2.24) is 0 Å². The van der Waals surface area contributed by atoms with E-state index in [4.69, 9.17) is 4.42 Å². The minimum absolute atomic E-state index is 0.0480. The molecule has 94 valence electrons. The zero-order chi connectivity index (χ0) is 13.1. The first kappa shape index (κ1) is 12.6. The molecule has 0 saturated carbocycles. The molecule has 0 radical (unpaired) electrons. The summed E-state index contributed by atoms with van der Waals surface area (Å²) in [6.07, 6.45) is 2.65. The fraction of sp³-hybridized carbons (Fsp3) is 0.312. The minimum Gasteiger partial charge on any atom is -0.461 e. The molecule has 2 nitrogen and oxygen atoms in total. The maximum absolute atomic E-state index is 12.2. The third-order valence-corrected chi connectivity index (χ3v) is 3.42. The van der Waals surface area contributed by atoms with E-state index in [9.17, 15) is 4.79 Å². The van der Waals surface area contributed by atoms with Crippen LogP contribution in [0.1, 0.15) is 53.4 Å². The van der Waals surface area contributed by atoms with Gasteiger partial charge in [0.1, 0.15) is 0 Å². The van der Waals surface area contributed by atoms with Crippen LogP contribution < -0.4 is 0 Å². The van der Waals surface area contributed by atoms with Gasteiger partial charge in [0.05, 0.1) is 6.26 Å². The molecule has 0 fully saturated rings. The van der Waals surface area contributed by atoms with Crippen LogP contribution in [-0.4, -0.2) is 5.78 Å². The van der Waals surface area contributed by atoms with Crippen LogP contribution in [0.5, 0.6) is 0 Å². The smallest absolute Gasteiger partial charge is 0.228 e. The maximum Gasteiger partial charge on any atom is 0.228 e. The molecule has 2 rings (SSSR count). The molecule has 18 heavy (non-hydrogen) atoms. The maximum atomic E-state index is 12.2. The van der Waals surface area contributed by atoms with Gasteiger partial charge in [-0.2, -0.15) is 0 Å². The van der Waals surface area contributed by atoms with E-state index >= 15 is 0 Å². The highest BCUT2D eigenvalue weighted by Crippen LogP contribution is 2.21. The standard InChI is InChI=1S/C16H18O2/c1-4-11(2)13-5-7-14(8-6-13)15(17)16-12(3)9-10-18-16/h5-11H,4H2,1-3H3. The average molecular weight is 242 g/mol. The van der Waals surface area contributed by atoms with Crippen molar-refractivity contribution in [1.29, 1.82) is 0 Å². The summed E-state index contributed by atoms with van der Waals surface area (Å²) < 4.78 is 5.23. The highest BCUT2D eigenvalue weighted by molar-refractivity contribution is 6.07. The summed E-state index contributed by atoms with van der Waals surface area (Å²) in [5.74, 6) is 0.916. The second-order valence-corrected chi connectivity index (χ2v) is 4.69. The van der Waals surface area contributed by atoms with E-state index in [1.54, 1.807) is 12.3 Å². The van der Waals surface area contributed by atoms with Gasteiger partial charge in [0.25, 0.3) is 0 Å². The summed E-state index contributed by atoms with van der Waals surface area (Å²) in [6, 6.07) is 9.62. The van der Waals surface area contributed by atoms with Crippen LogP contribution in [0.2, 0.25) is 0 Å². The van der Waals surface area contributed by atoms with Crippen molar-refractivity contribution in [2.45, 2.75) is 33.1 Å². The summed E-state index contributed by atoms with van der Waals surface area (Å²) in [4.78, 5) is 12.2. The SMILES string of the molecule is CCC(C)c1ccc(C(=O)c2occc2C)cc1. The van der Waals surface area contributed by atoms with Gasteiger partial charge in [0.2, 0.25) is 5.78 Å². The van der Waals surface area contributed by atoms with E-state index in [0.717, 1.165) is 12.0 Å². The highest BCUT2D eigenvalue weighted by atomic mass is 16.3. The Morgan fingerprint density at radius 1 is 1.22 bits per heavy atom. The summed E-state index contributed by atoms with van der Waals surface area (Å²) in [6.45, 7) is 6.23. The first-order valence-electron chi connectivity index (χ1n) is 6.32. The zero-order valence-corrected chi connectivity index (χ0v) is 11.1. The molecular weight excluding hydrogens is 224 g/mol. The predicted octanol–water partition coefficient (Wildman–Crippen LogP) is 4.33. The molecule has 0 aliphatic carbocycles. The van der Waals surface area contributed by atoms with Gasteiger partial charge < -0.3 is 4.42 Å². The first-order chi connectivity index (χ1) is 8.63. The van der Waals surface area contributed by atoms with Crippen LogP contribution in [-0.2, 0) is 0 Å². The molecular formula is C16H18O2. The van der Waals surface area contributed by atoms with Crippen molar-refractivity contribution >= 4 is 5.78 Å². The first-order valence-corrected chi connectivity index (χ1v) is 6.32. The lowest BCUT2D eigenvalue weighted by Gasteiger charge is -2.09. The molecule has 0 N–H and O–H groups in total. The normalized spacial score (nSPS) is 12.4. The van der Waals surface area contributed by atoms with Gasteiger partial charge in [0, 0.05) is 5.56 Å². The van der Waals surface area contributed by atoms with E-state index in [1.807, 2.05) is 31.2 Å². The van der Waals surface area contributed by atoms with Crippen LogP contribution in [0, 0.1) is 6.92 Å². The predicted molar refractivity (Wildman–Crippen MR) is 72.0 cm³/mol. The highest BCUT2D eigenvalue weighted by Gasteiger charge is 2.15. The molecule has 2 heteroatoms. The lowest BCUT2D eigenvalue weighted by Crippen LogP contribution is -2.02. The van der Waals surface area contributed by atoms with Crippen LogP contribution >= 0.6 is 0 Å². The molecule has 0 saturated heterocycles. The number of carbonyl (C=O) groups excluding carboxylic acids is 1. The second kappa shape index (κ2) is 5.21. The van der Waals surface area contributed by atoms with Crippen molar-refractivity contribution in [2.75, 3.05) is 0 Å². The molecule has 1 aromatic carbocycles. The molecule has 1 aromatic heterocycles. The third kappa shape index (κ3) is 2.37. The summed E-state index contributed by atoms with van der Waals surface area (Å²) in [5, 5.41) is 0. The van der Waals surface area contributed by atoms with Gasteiger partial charge >= 0.3 is 0 Å². The van der Waals surface area contributed by atoms with Crippen molar-refractivity contribution in [2.24, 2.45) is 0 Å². The Labute approximate surface area is 108 Å². The molecule has 0 aliphatic heterocycles. The number of furan rings is 1. The summed E-state index contributed by atoms with van der Waals surface area (Å²) in [7, 11) is 0. The van der Waals surface area contributed by atoms with Crippen LogP contribution in [0.15, 0.2) is 41.0 Å². The van der Waals surface area contributed by atoms with Crippen molar-refractivity contribution in [3.05, 3.63) is 59.0 Å². The Kier molecular flexibility index (Phi) is 3.66. The fourth-order valence-electron chi connectivity index (χ4n) is 1.94. The van der Waals surface area contributed by atoms with Gasteiger partial charge in [-0.05, 0) is 36.5 Å². The Balaban J connectivity index is 2.25. The third-order valence-electron chi connectivity index (χ3n) is 3.42. The average Bonchev–Trinajstić information content (AvgIpc) is 2.83. The van der Waals surface area contributed by atoms with Crippen LogP contribution in [0.3, 0.4) is 0 Å². The van der Waals surface area contributed by atoms with Gasteiger partial charge in [0.15, 0.2) is 5.76 Å². The fourth-order valence-corrected chi connectivity index (χ4v) is 1.94. The van der Waals surface area contributed by atoms with Crippen LogP contribution in [0.4, 0.5) is 0 Å². The van der Waals surface area contributed by atoms with Gasteiger partial charge in [-0.25, -0.2) is 0 Å². The molecule has 0 bridgehead atoms. The lowest BCUT2D eigenvalue weighted by atomic mass is 9.96. The Hall–Kier alpha value is -1.83. The molecule has 1 unspecified atom stereocenters. The molecule has 0 spiro atoms. The number of benzene rings is 1. The lowest BCUT2D eigenvalue weighted by molar-refractivity contribution is 0.101. The minimum atomic E-state index is -0.0480. The Morgan fingerprint density at radius 2 is 1.89 bits per heavy atom. The van der Waals surface area contributed by atoms with E-state index in [2.05, 4.69) is 13.8 Å². The monoisotopic (exact) mass is 242 g/mol. The molecule has 1 atom stereocenters. The molecule has 0 amide bonds. The van der Waals surface area contributed by atoms with E-state index in [1.165, 1.54) is 5.56 Å². The topological polar surface area (TPSA) is 30.2 Å². The zero-order valence-electron chi connectivity index (χ0n) is 11.1. The van der Waals surface area contributed by atoms with Crippen molar-refractivity contribution in [3.8, 4) is 0 Å². The van der Waals surface area contributed by atoms with Crippen LogP contribution in [0.25, 0.3) is 0 Å². The van der Waals surface area contributed by atoms with Gasteiger partial charge in [-0.15, -0.1) is 0 Å². The Bertz CT molecular complexity index is 534. The van der Waals surface area contributed by atoms with Gasteiger partial charge in [-0.1, -0.05) is 38.1 Å². The van der Waals surface area contributed by atoms with E-state index < -0.39 is 0 Å². The number of hydrogen-bond donors (Lipinski definition) is 0. The van der Waals surface area contributed by atoms with Crippen molar-refractivity contribution in [3.63, 3.8) is 0 Å². The van der Waals surface area contributed by atoms with E-state index in [0.29, 0.717) is 17.2 Å². The summed E-state index contributed by atoms with van der Waals surface area (Å²) in [5.41, 5.74) is 2.83. The number of carbonyl (C=O) groups is 1. The van der Waals surface area contributed by atoms with Crippen molar-refractivity contribution < 1.29 is 9.21 Å². The number of hydrogen-bond acceptors (Lipinski definition) is 2. The number of aryl methyl sites for hydroxylation is 1. The summed E-state index contributed by atoms with van der Waals surface area (Å²) >= 11 is 0. The molecule has 1 heterocycles.